The Balaban J connectivity index is 2.65. The van der Waals surface area contributed by atoms with Crippen molar-refractivity contribution in [1.82, 2.24) is 5.32 Å². The summed E-state index contributed by atoms with van der Waals surface area (Å²) in [7, 11) is 0. The number of nitrogens with one attached hydrogen (secondary N) is 1. The molecule has 0 saturated heterocycles. The van der Waals surface area contributed by atoms with Crippen LogP contribution in [0.15, 0.2) is 12.1 Å². The van der Waals surface area contributed by atoms with Crippen molar-refractivity contribution in [2.75, 3.05) is 6.54 Å². The highest BCUT2D eigenvalue weighted by Crippen LogP contribution is 2.26. The van der Waals surface area contributed by atoms with E-state index < -0.39 is 5.38 Å². The number of amides is 1. The number of benzene rings is 1. The van der Waals surface area contributed by atoms with Gasteiger partial charge in [0, 0.05) is 0 Å². The van der Waals surface area contributed by atoms with E-state index in [0.717, 1.165) is 16.9 Å². The number of aryl methyl sites for hydroxylation is 2. The van der Waals surface area contributed by atoms with Crippen LogP contribution in [0.1, 0.15) is 30.5 Å². The largest absolute Gasteiger partial charge is 0.488 e. The Morgan fingerprint density at radius 2 is 1.84 bits per heavy atom. The average Bonchev–Trinajstić information content (AvgIpc) is 2.36. The molecule has 0 radical (unpaired) electrons. The van der Waals surface area contributed by atoms with Crippen LogP contribution < -0.4 is 10.1 Å². The first-order valence-electron chi connectivity index (χ1n) is 6.48. The monoisotopic (exact) mass is 283 g/mol. The second kappa shape index (κ2) is 6.80. The minimum atomic E-state index is -0.519. The van der Waals surface area contributed by atoms with Crippen molar-refractivity contribution in [2.24, 2.45) is 0 Å². The van der Waals surface area contributed by atoms with Gasteiger partial charge in [0.1, 0.15) is 17.2 Å². The Morgan fingerprint density at radius 3 is 2.42 bits per heavy atom. The lowest BCUT2D eigenvalue weighted by atomic mass is 10.1. The second-order valence-corrected chi connectivity index (χ2v) is 5.60. The first-order valence-corrected chi connectivity index (χ1v) is 6.91. The zero-order valence-electron chi connectivity index (χ0n) is 12.2. The Bertz CT molecular complexity index is 458. The molecule has 1 aromatic carbocycles. The summed E-state index contributed by atoms with van der Waals surface area (Å²) >= 11 is 5.69. The van der Waals surface area contributed by atoms with E-state index in [1.165, 1.54) is 5.56 Å². The minimum absolute atomic E-state index is 0.0985. The van der Waals surface area contributed by atoms with Crippen molar-refractivity contribution in [3.8, 4) is 5.75 Å². The molecule has 3 nitrogen and oxygen atoms in total. The molecule has 0 spiro atoms. The third-order valence-electron chi connectivity index (χ3n) is 3.12. The summed E-state index contributed by atoms with van der Waals surface area (Å²) in [4.78, 5) is 11.4. The van der Waals surface area contributed by atoms with Gasteiger partial charge in [-0.1, -0.05) is 12.1 Å². The lowest BCUT2D eigenvalue weighted by Crippen LogP contribution is -2.37. The van der Waals surface area contributed by atoms with E-state index in [4.69, 9.17) is 16.3 Å². The fourth-order valence-electron chi connectivity index (χ4n) is 1.73. The van der Waals surface area contributed by atoms with Crippen molar-refractivity contribution in [3.05, 3.63) is 28.8 Å². The van der Waals surface area contributed by atoms with Crippen LogP contribution in [0.3, 0.4) is 0 Å². The van der Waals surface area contributed by atoms with E-state index in [1.54, 1.807) is 6.92 Å². The second-order valence-electron chi connectivity index (χ2n) is 4.94. The Hall–Kier alpha value is -1.22. The quantitative estimate of drug-likeness (QED) is 0.843. The zero-order valence-corrected chi connectivity index (χ0v) is 13.0. The van der Waals surface area contributed by atoms with Crippen molar-refractivity contribution in [1.29, 1.82) is 0 Å². The molecule has 0 aliphatic heterocycles. The zero-order chi connectivity index (χ0) is 14.6. The summed E-state index contributed by atoms with van der Waals surface area (Å²) < 4.78 is 5.93. The smallest absolute Gasteiger partial charge is 0.237 e. The van der Waals surface area contributed by atoms with Crippen LogP contribution in [0.2, 0.25) is 0 Å². The molecule has 0 bridgehead atoms. The molecule has 1 N–H and O–H groups in total. The molecule has 1 rings (SSSR count). The van der Waals surface area contributed by atoms with Crippen molar-refractivity contribution in [2.45, 2.75) is 46.1 Å². The molecule has 0 aliphatic carbocycles. The molecule has 1 aromatic rings. The highest BCUT2D eigenvalue weighted by molar-refractivity contribution is 6.30. The number of carbonyl (C=O) groups is 1. The molecule has 0 fully saturated rings. The van der Waals surface area contributed by atoms with Gasteiger partial charge >= 0.3 is 0 Å². The van der Waals surface area contributed by atoms with Gasteiger partial charge in [-0.05, 0) is 51.3 Å². The number of ether oxygens (including phenoxy) is 1. The number of carbonyl (C=O) groups excluding carboxylic acids is 1. The highest BCUT2D eigenvalue weighted by atomic mass is 35.5. The molecule has 0 saturated carbocycles. The SMILES string of the molecule is Cc1ccc(C)c(OC(C)CNC(=O)C(C)Cl)c1C. The van der Waals surface area contributed by atoms with Crippen molar-refractivity contribution < 1.29 is 9.53 Å². The van der Waals surface area contributed by atoms with Crippen molar-refractivity contribution in [3.63, 3.8) is 0 Å². The van der Waals surface area contributed by atoms with Crippen LogP contribution in [-0.4, -0.2) is 23.9 Å². The predicted octanol–water partition coefficient (Wildman–Crippen LogP) is 3.12. The molecular formula is C15H22ClNO2. The normalized spacial score (nSPS) is 13.8. The molecule has 0 heterocycles. The van der Waals surface area contributed by atoms with Gasteiger partial charge in [-0.3, -0.25) is 4.79 Å². The van der Waals surface area contributed by atoms with Gasteiger partial charge < -0.3 is 10.1 Å². The maximum Gasteiger partial charge on any atom is 0.237 e. The van der Waals surface area contributed by atoms with Gasteiger partial charge in [0.05, 0.1) is 6.54 Å². The van der Waals surface area contributed by atoms with Gasteiger partial charge in [0.25, 0.3) is 0 Å². The van der Waals surface area contributed by atoms with Crippen LogP contribution in [-0.2, 0) is 4.79 Å². The predicted molar refractivity (Wildman–Crippen MR) is 79.1 cm³/mol. The standard InChI is InChI=1S/C15H22ClNO2/c1-9-6-7-10(2)14(12(9)4)19-11(3)8-17-15(18)13(5)16/h6-7,11,13H,8H2,1-5H3,(H,17,18). The van der Waals surface area contributed by atoms with E-state index in [9.17, 15) is 4.79 Å². The topological polar surface area (TPSA) is 38.3 Å². The summed E-state index contributed by atoms with van der Waals surface area (Å²) in [6, 6.07) is 4.13. The van der Waals surface area contributed by atoms with Gasteiger partial charge in [0.15, 0.2) is 0 Å². The highest BCUT2D eigenvalue weighted by Gasteiger charge is 2.13. The Labute approximate surface area is 120 Å². The molecule has 2 unspecified atom stereocenters. The summed E-state index contributed by atoms with van der Waals surface area (Å²) in [5, 5.41) is 2.24. The van der Waals surface area contributed by atoms with Crippen LogP contribution in [0.4, 0.5) is 0 Å². The fraction of sp³-hybridized carbons (Fsp3) is 0.533. The molecule has 19 heavy (non-hydrogen) atoms. The molecule has 0 aromatic heterocycles. The molecule has 1 amide bonds. The fourth-order valence-corrected chi connectivity index (χ4v) is 1.81. The van der Waals surface area contributed by atoms with Crippen LogP contribution in [0.5, 0.6) is 5.75 Å². The number of hydrogen-bond acceptors (Lipinski definition) is 2. The summed E-state index contributed by atoms with van der Waals surface area (Å²) in [5.74, 6) is 0.732. The summed E-state index contributed by atoms with van der Waals surface area (Å²) in [6.07, 6.45) is -0.0985. The van der Waals surface area contributed by atoms with E-state index in [2.05, 4.69) is 18.3 Å². The molecule has 4 heteroatoms. The lowest BCUT2D eigenvalue weighted by molar-refractivity contribution is -0.120. The van der Waals surface area contributed by atoms with E-state index >= 15 is 0 Å². The van der Waals surface area contributed by atoms with Gasteiger partial charge in [-0.25, -0.2) is 0 Å². The maximum atomic E-state index is 11.4. The Kier molecular flexibility index (Phi) is 5.67. The number of halogens is 1. The van der Waals surface area contributed by atoms with E-state index in [-0.39, 0.29) is 12.0 Å². The summed E-state index contributed by atoms with van der Waals surface area (Å²) in [6.45, 7) is 10.2. The minimum Gasteiger partial charge on any atom is -0.488 e. The third kappa shape index (κ3) is 4.43. The third-order valence-corrected chi connectivity index (χ3v) is 3.32. The Morgan fingerprint density at radius 1 is 1.26 bits per heavy atom. The lowest BCUT2D eigenvalue weighted by Gasteiger charge is -2.20. The van der Waals surface area contributed by atoms with Gasteiger partial charge in [-0.15, -0.1) is 11.6 Å². The molecular weight excluding hydrogens is 262 g/mol. The van der Waals surface area contributed by atoms with Crippen LogP contribution in [0.25, 0.3) is 0 Å². The molecule has 106 valence electrons. The van der Waals surface area contributed by atoms with Crippen LogP contribution >= 0.6 is 11.6 Å². The molecule has 0 aliphatic rings. The number of hydrogen-bond donors (Lipinski definition) is 1. The number of rotatable bonds is 5. The van der Waals surface area contributed by atoms with Gasteiger partial charge in [-0.2, -0.15) is 0 Å². The van der Waals surface area contributed by atoms with E-state index in [1.807, 2.05) is 26.8 Å². The first-order chi connectivity index (χ1) is 8.82. The van der Waals surface area contributed by atoms with Crippen molar-refractivity contribution >= 4 is 17.5 Å². The van der Waals surface area contributed by atoms with Gasteiger partial charge in [0.2, 0.25) is 5.91 Å². The number of alkyl halides is 1. The molecule has 2 atom stereocenters. The maximum absolute atomic E-state index is 11.4. The summed E-state index contributed by atoms with van der Waals surface area (Å²) in [5.41, 5.74) is 3.45. The average molecular weight is 284 g/mol. The van der Waals surface area contributed by atoms with E-state index in [0.29, 0.717) is 6.54 Å². The van der Waals surface area contributed by atoms with Crippen LogP contribution in [0, 0.1) is 20.8 Å². The first kappa shape index (κ1) is 15.8.